The van der Waals surface area contributed by atoms with Crippen molar-refractivity contribution in [2.24, 2.45) is 0 Å². The van der Waals surface area contributed by atoms with E-state index in [4.69, 9.17) is 0 Å². The summed E-state index contributed by atoms with van der Waals surface area (Å²) in [5.41, 5.74) is 0.766. The maximum atomic E-state index is 13.3. The molecule has 1 aliphatic rings. The van der Waals surface area contributed by atoms with Crippen LogP contribution >= 0.6 is 0 Å². The third kappa shape index (κ3) is 5.87. The van der Waals surface area contributed by atoms with Gasteiger partial charge < -0.3 is 10.2 Å². The SMILES string of the molecule is CC[C@H](C)NC(=O)[C@@H](C)N(Cc1ccc(F)cc1)C(=O)CCCN1C(=O)c2ccccc2S1(=O)=O. The monoisotopic (exact) mass is 503 g/mol. The van der Waals surface area contributed by atoms with E-state index in [1.165, 1.54) is 29.2 Å². The molecule has 1 heterocycles. The van der Waals surface area contributed by atoms with Gasteiger partial charge in [0, 0.05) is 25.6 Å². The van der Waals surface area contributed by atoms with Gasteiger partial charge in [0.2, 0.25) is 11.8 Å². The highest BCUT2D eigenvalue weighted by molar-refractivity contribution is 7.90. The zero-order chi connectivity index (χ0) is 25.8. The molecular weight excluding hydrogens is 473 g/mol. The molecule has 1 aliphatic heterocycles. The van der Waals surface area contributed by atoms with Crippen LogP contribution in [0, 0.1) is 5.82 Å². The van der Waals surface area contributed by atoms with Gasteiger partial charge >= 0.3 is 0 Å². The first-order chi connectivity index (χ1) is 16.6. The fourth-order valence-corrected chi connectivity index (χ4v) is 5.41. The number of hydrogen-bond acceptors (Lipinski definition) is 5. The van der Waals surface area contributed by atoms with Crippen LogP contribution in [-0.4, -0.2) is 54.0 Å². The Hall–Kier alpha value is -3.27. The fraction of sp³-hybridized carbons (Fsp3) is 0.400. The molecule has 2 atom stereocenters. The van der Waals surface area contributed by atoms with Crippen LogP contribution in [0.2, 0.25) is 0 Å². The molecule has 0 fully saturated rings. The van der Waals surface area contributed by atoms with Gasteiger partial charge in [-0.1, -0.05) is 31.2 Å². The number of carbonyl (C=O) groups excluding carboxylic acids is 3. The number of carbonyl (C=O) groups is 3. The van der Waals surface area contributed by atoms with Crippen LogP contribution in [-0.2, 0) is 26.2 Å². The number of benzene rings is 2. The molecule has 1 N–H and O–H groups in total. The highest BCUT2D eigenvalue weighted by Gasteiger charge is 2.40. The molecule has 0 saturated carbocycles. The lowest BCUT2D eigenvalue weighted by atomic mass is 10.1. The zero-order valence-electron chi connectivity index (χ0n) is 20.0. The largest absolute Gasteiger partial charge is 0.352 e. The van der Waals surface area contributed by atoms with E-state index in [1.54, 1.807) is 31.2 Å². The Morgan fingerprint density at radius 2 is 1.74 bits per heavy atom. The number of amides is 3. The second-order valence-corrected chi connectivity index (χ2v) is 10.5. The molecule has 2 aromatic carbocycles. The lowest BCUT2D eigenvalue weighted by molar-refractivity contribution is -0.141. The third-order valence-electron chi connectivity index (χ3n) is 6.10. The molecule has 188 valence electrons. The van der Waals surface area contributed by atoms with Crippen LogP contribution in [0.1, 0.15) is 56.0 Å². The Balaban J connectivity index is 1.71. The van der Waals surface area contributed by atoms with Gasteiger partial charge in [-0.2, -0.15) is 0 Å². The molecule has 3 rings (SSSR count). The topological polar surface area (TPSA) is 104 Å². The standard InChI is InChI=1S/C25H30FN3O5S/c1-4-17(2)27-24(31)18(3)28(16-19-11-13-20(26)14-12-19)23(30)10-7-15-29-25(32)21-8-5-6-9-22(21)35(29,33)34/h5-6,8-9,11-14,17-18H,4,7,10,15-16H2,1-3H3,(H,27,31)/t17-,18+/m0/s1. The number of hydrogen-bond donors (Lipinski definition) is 1. The third-order valence-corrected chi connectivity index (χ3v) is 7.94. The Morgan fingerprint density at radius 1 is 1.09 bits per heavy atom. The summed E-state index contributed by atoms with van der Waals surface area (Å²) < 4.78 is 39.6. The molecule has 10 heteroatoms. The second-order valence-electron chi connectivity index (χ2n) is 8.62. The lowest BCUT2D eigenvalue weighted by Crippen LogP contribution is -2.49. The highest BCUT2D eigenvalue weighted by atomic mass is 32.2. The summed E-state index contributed by atoms with van der Waals surface area (Å²) in [6.07, 6.45) is 0.750. The summed E-state index contributed by atoms with van der Waals surface area (Å²) in [7, 11) is -3.95. The van der Waals surface area contributed by atoms with Crippen molar-refractivity contribution < 1.29 is 27.2 Å². The van der Waals surface area contributed by atoms with Crippen LogP contribution in [0.4, 0.5) is 4.39 Å². The number of rotatable bonds is 10. The number of sulfonamides is 1. The number of halogens is 1. The Bertz CT molecular complexity index is 1200. The van der Waals surface area contributed by atoms with Gasteiger partial charge in [0.25, 0.3) is 15.9 Å². The molecule has 35 heavy (non-hydrogen) atoms. The Labute approximate surface area is 205 Å². The van der Waals surface area contributed by atoms with Crippen molar-refractivity contribution in [3.05, 3.63) is 65.5 Å². The molecule has 0 bridgehead atoms. The van der Waals surface area contributed by atoms with Crippen LogP contribution < -0.4 is 5.32 Å². The molecule has 0 aliphatic carbocycles. The molecule has 0 spiro atoms. The first-order valence-corrected chi connectivity index (χ1v) is 13.0. The maximum Gasteiger partial charge on any atom is 0.269 e. The minimum atomic E-state index is -3.95. The van der Waals surface area contributed by atoms with E-state index in [0.717, 1.165) is 10.7 Å². The van der Waals surface area contributed by atoms with E-state index in [0.29, 0.717) is 5.56 Å². The average molecular weight is 504 g/mol. The van der Waals surface area contributed by atoms with Crippen LogP contribution in [0.15, 0.2) is 53.4 Å². The summed E-state index contributed by atoms with van der Waals surface area (Å²) in [4.78, 5) is 39.9. The van der Waals surface area contributed by atoms with Gasteiger partial charge in [-0.05, 0) is 56.5 Å². The van der Waals surface area contributed by atoms with Crippen molar-refractivity contribution in [3.8, 4) is 0 Å². The lowest BCUT2D eigenvalue weighted by Gasteiger charge is -2.30. The second kappa shape index (κ2) is 11.0. The maximum absolute atomic E-state index is 13.3. The number of nitrogens with one attached hydrogen (secondary N) is 1. The Morgan fingerprint density at radius 3 is 2.37 bits per heavy atom. The first-order valence-electron chi connectivity index (χ1n) is 11.6. The van der Waals surface area contributed by atoms with Crippen molar-refractivity contribution in [3.63, 3.8) is 0 Å². The van der Waals surface area contributed by atoms with Crippen molar-refractivity contribution in [1.82, 2.24) is 14.5 Å². The molecule has 2 aromatic rings. The van der Waals surface area contributed by atoms with Gasteiger partial charge in [0.15, 0.2) is 0 Å². The van der Waals surface area contributed by atoms with Gasteiger partial charge in [-0.3, -0.25) is 14.4 Å². The van der Waals surface area contributed by atoms with Gasteiger partial charge in [0.1, 0.15) is 16.8 Å². The minimum Gasteiger partial charge on any atom is -0.352 e. The van der Waals surface area contributed by atoms with Crippen molar-refractivity contribution in [1.29, 1.82) is 0 Å². The normalized spacial score (nSPS) is 15.9. The molecule has 8 nitrogen and oxygen atoms in total. The van der Waals surface area contributed by atoms with E-state index in [-0.39, 0.29) is 54.2 Å². The van der Waals surface area contributed by atoms with Crippen LogP contribution in [0.25, 0.3) is 0 Å². The Kier molecular flexibility index (Phi) is 8.26. The van der Waals surface area contributed by atoms with Gasteiger partial charge in [-0.25, -0.2) is 17.1 Å². The molecule has 0 saturated heterocycles. The van der Waals surface area contributed by atoms with Crippen molar-refractivity contribution in [2.45, 2.75) is 63.6 Å². The zero-order valence-corrected chi connectivity index (χ0v) is 20.8. The van der Waals surface area contributed by atoms with E-state index in [1.807, 2.05) is 13.8 Å². The molecular formula is C25H30FN3O5S. The van der Waals surface area contributed by atoms with Crippen LogP contribution in [0.5, 0.6) is 0 Å². The molecule has 0 radical (unpaired) electrons. The minimum absolute atomic E-state index is 0.0374. The summed E-state index contributed by atoms with van der Waals surface area (Å²) in [6, 6.07) is 10.8. The highest BCUT2D eigenvalue weighted by Crippen LogP contribution is 2.30. The first kappa shape index (κ1) is 26.3. The molecule has 0 aromatic heterocycles. The number of nitrogens with zero attached hydrogens (tertiary/aromatic N) is 2. The predicted molar refractivity (Wildman–Crippen MR) is 128 cm³/mol. The van der Waals surface area contributed by atoms with E-state index < -0.39 is 27.8 Å². The van der Waals surface area contributed by atoms with Gasteiger partial charge in [-0.15, -0.1) is 0 Å². The molecule has 0 unspecified atom stereocenters. The van der Waals surface area contributed by atoms with Crippen LogP contribution in [0.3, 0.4) is 0 Å². The van der Waals surface area contributed by atoms with E-state index >= 15 is 0 Å². The quantitative estimate of drug-likeness (QED) is 0.537. The summed E-state index contributed by atoms with van der Waals surface area (Å²) in [5.74, 6) is -1.71. The fourth-order valence-electron chi connectivity index (χ4n) is 3.80. The van der Waals surface area contributed by atoms with Crippen molar-refractivity contribution in [2.75, 3.05) is 6.54 Å². The predicted octanol–water partition coefficient (Wildman–Crippen LogP) is 3.08. The van der Waals surface area contributed by atoms with Crippen molar-refractivity contribution >= 4 is 27.7 Å². The summed E-state index contributed by atoms with van der Waals surface area (Å²) in [5, 5.41) is 2.86. The number of fused-ring (bicyclic) bond motifs is 1. The molecule has 3 amide bonds. The summed E-state index contributed by atoms with van der Waals surface area (Å²) >= 11 is 0. The van der Waals surface area contributed by atoms with E-state index in [9.17, 15) is 27.2 Å². The smallest absolute Gasteiger partial charge is 0.269 e. The van der Waals surface area contributed by atoms with E-state index in [2.05, 4.69) is 5.32 Å². The van der Waals surface area contributed by atoms with Gasteiger partial charge in [0.05, 0.1) is 5.56 Å². The average Bonchev–Trinajstić information content (AvgIpc) is 3.03. The summed E-state index contributed by atoms with van der Waals surface area (Å²) in [6.45, 7) is 5.34.